The molecule has 0 N–H and O–H groups in total. The summed E-state index contributed by atoms with van der Waals surface area (Å²) in [7, 11) is 0. The predicted octanol–water partition coefficient (Wildman–Crippen LogP) is 3.53. The third kappa shape index (κ3) is 3.88. The first-order valence-electron chi connectivity index (χ1n) is 9.21. The van der Waals surface area contributed by atoms with Crippen LogP contribution in [0.15, 0.2) is 33.5 Å². The molecule has 7 heteroatoms. The van der Waals surface area contributed by atoms with Crippen LogP contribution in [0.2, 0.25) is 0 Å². The van der Waals surface area contributed by atoms with E-state index in [9.17, 15) is 14.4 Å². The third-order valence-electron chi connectivity index (χ3n) is 4.53. The van der Waals surface area contributed by atoms with Gasteiger partial charge in [-0.3, -0.25) is 9.59 Å². The SMILES string of the molecule is CC(=O)O[C@@H]1c2c(ccc3ccc(=O)oc23)OC(C)(C)[C@@H]1OC(=O)CC(C)C. The van der Waals surface area contributed by atoms with Gasteiger partial charge in [0.2, 0.25) is 0 Å². The number of esters is 2. The number of carbonyl (C=O) groups is 2. The zero-order valence-corrected chi connectivity index (χ0v) is 16.6. The smallest absolute Gasteiger partial charge is 0.336 e. The van der Waals surface area contributed by atoms with Crippen LogP contribution in [0.5, 0.6) is 5.75 Å². The van der Waals surface area contributed by atoms with Crippen molar-refractivity contribution in [3.63, 3.8) is 0 Å². The molecule has 0 saturated carbocycles. The van der Waals surface area contributed by atoms with E-state index in [1.165, 1.54) is 13.0 Å². The standard InChI is InChI=1S/C21H24O7/c1-11(2)10-16(24)27-20-19(25-12(3)22)17-14(28-21(20,4)5)8-6-13-7-9-15(23)26-18(13)17/h6-9,11,19-20H,10H2,1-5H3/t19-,20-/m1/s1. The lowest BCUT2D eigenvalue weighted by Gasteiger charge is -2.43. The highest BCUT2D eigenvalue weighted by Gasteiger charge is 2.49. The second kappa shape index (κ2) is 7.30. The van der Waals surface area contributed by atoms with Crippen molar-refractivity contribution < 1.29 is 28.2 Å². The van der Waals surface area contributed by atoms with Crippen LogP contribution in [0.1, 0.15) is 52.7 Å². The molecule has 0 radical (unpaired) electrons. The van der Waals surface area contributed by atoms with E-state index in [0.717, 1.165) is 0 Å². The van der Waals surface area contributed by atoms with Gasteiger partial charge in [0.05, 0.1) is 5.56 Å². The number of ether oxygens (including phenoxy) is 3. The molecule has 0 amide bonds. The molecule has 1 aromatic heterocycles. The first-order chi connectivity index (χ1) is 13.1. The first kappa shape index (κ1) is 19.9. The quantitative estimate of drug-likeness (QED) is 0.584. The summed E-state index contributed by atoms with van der Waals surface area (Å²) >= 11 is 0. The zero-order valence-electron chi connectivity index (χ0n) is 16.6. The van der Waals surface area contributed by atoms with Crippen molar-refractivity contribution in [3.05, 3.63) is 40.2 Å². The lowest BCUT2D eigenvalue weighted by Crippen LogP contribution is -2.52. The summed E-state index contributed by atoms with van der Waals surface area (Å²) < 4.78 is 22.7. The Morgan fingerprint density at radius 2 is 1.82 bits per heavy atom. The Morgan fingerprint density at radius 1 is 1.14 bits per heavy atom. The Hall–Kier alpha value is -2.83. The van der Waals surface area contributed by atoms with Crippen molar-refractivity contribution in [1.82, 2.24) is 0 Å². The highest BCUT2D eigenvalue weighted by molar-refractivity contribution is 5.83. The van der Waals surface area contributed by atoms with Crippen molar-refractivity contribution in [2.75, 3.05) is 0 Å². The van der Waals surface area contributed by atoms with E-state index in [1.54, 1.807) is 32.0 Å². The second-order valence-electron chi connectivity index (χ2n) is 7.89. The Balaban J connectivity index is 2.16. The van der Waals surface area contributed by atoms with E-state index in [4.69, 9.17) is 18.6 Å². The first-order valence-corrected chi connectivity index (χ1v) is 9.21. The zero-order chi connectivity index (χ0) is 20.6. The molecule has 1 aromatic carbocycles. The highest BCUT2D eigenvalue weighted by atomic mass is 16.6. The lowest BCUT2D eigenvalue weighted by molar-refractivity contribution is -0.189. The van der Waals surface area contributed by atoms with Gasteiger partial charge in [-0.25, -0.2) is 4.79 Å². The van der Waals surface area contributed by atoms with Gasteiger partial charge in [-0.15, -0.1) is 0 Å². The molecule has 28 heavy (non-hydrogen) atoms. The Bertz CT molecular complexity index is 970. The fraction of sp³-hybridized carbons (Fsp3) is 0.476. The number of hydrogen-bond acceptors (Lipinski definition) is 7. The van der Waals surface area contributed by atoms with E-state index in [0.29, 0.717) is 16.7 Å². The third-order valence-corrected chi connectivity index (χ3v) is 4.53. The Labute approximate surface area is 162 Å². The maximum atomic E-state index is 12.4. The summed E-state index contributed by atoms with van der Waals surface area (Å²) in [6.07, 6.45) is -1.66. The molecule has 7 nitrogen and oxygen atoms in total. The van der Waals surface area contributed by atoms with Crippen LogP contribution in [0.25, 0.3) is 11.0 Å². The van der Waals surface area contributed by atoms with E-state index in [-0.39, 0.29) is 17.9 Å². The normalized spacial score (nSPS) is 20.4. The van der Waals surface area contributed by atoms with Crippen LogP contribution in [0.3, 0.4) is 0 Å². The number of benzene rings is 1. The number of carbonyl (C=O) groups excluding carboxylic acids is 2. The highest BCUT2D eigenvalue weighted by Crippen LogP contribution is 2.46. The maximum Gasteiger partial charge on any atom is 0.336 e. The van der Waals surface area contributed by atoms with E-state index < -0.39 is 35.4 Å². The summed E-state index contributed by atoms with van der Waals surface area (Å²) in [5.74, 6) is -0.444. The molecule has 1 aliphatic heterocycles. The molecule has 1 aliphatic rings. The van der Waals surface area contributed by atoms with E-state index in [1.807, 2.05) is 13.8 Å². The minimum atomic E-state index is -0.971. The van der Waals surface area contributed by atoms with Crippen LogP contribution in [0.4, 0.5) is 0 Å². The van der Waals surface area contributed by atoms with Gasteiger partial charge in [-0.1, -0.05) is 13.8 Å². The molecule has 2 atom stereocenters. The molecular formula is C21H24O7. The fourth-order valence-electron chi connectivity index (χ4n) is 3.38. The molecule has 0 saturated heterocycles. The van der Waals surface area contributed by atoms with E-state index >= 15 is 0 Å². The lowest BCUT2D eigenvalue weighted by atomic mass is 9.87. The summed E-state index contributed by atoms with van der Waals surface area (Å²) in [5.41, 5.74) is -0.882. The molecule has 150 valence electrons. The van der Waals surface area contributed by atoms with Gasteiger partial charge < -0.3 is 18.6 Å². The maximum absolute atomic E-state index is 12.4. The van der Waals surface area contributed by atoms with Gasteiger partial charge in [-0.05, 0) is 38.0 Å². The Kier molecular flexibility index (Phi) is 5.19. The summed E-state index contributed by atoms with van der Waals surface area (Å²) in [6, 6.07) is 6.40. The van der Waals surface area contributed by atoms with E-state index in [2.05, 4.69) is 0 Å². The molecule has 2 aromatic rings. The van der Waals surface area contributed by atoms with Crippen molar-refractivity contribution >= 4 is 22.9 Å². The molecule has 3 rings (SSSR count). The predicted molar refractivity (Wildman–Crippen MR) is 101 cm³/mol. The van der Waals surface area contributed by atoms with Crippen molar-refractivity contribution in [2.24, 2.45) is 5.92 Å². The Morgan fingerprint density at radius 3 is 2.46 bits per heavy atom. The topological polar surface area (TPSA) is 92.0 Å². The number of fused-ring (bicyclic) bond motifs is 3. The average Bonchev–Trinajstić information content (AvgIpc) is 2.56. The van der Waals surface area contributed by atoms with Gasteiger partial charge in [0.15, 0.2) is 12.2 Å². The fourth-order valence-corrected chi connectivity index (χ4v) is 3.38. The molecule has 0 spiro atoms. The monoisotopic (exact) mass is 388 g/mol. The molecule has 0 aliphatic carbocycles. The van der Waals surface area contributed by atoms with Gasteiger partial charge in [0.1, 0.15) is 16.9 Å². The van der Waals surface area contributed by atoms with Gasteiger partial charge in [0, 0.05) is 24.8 Å². The van der Waals surface area contributed by atoms with Crippen molar-refractivity contribution in [2.45, 2.75) is 58.8 Å². The average molecular weight is 388 g/mol. The van der Waals surface area contributed by atoms with Crippen LogP contribution >= 0.6 is 0 Å². The van der Waals surface area contributed by atoms with Crippen LogP contribution in [-0.2, 0) is 19.1 Å². The van der Waals surface area contributed by atoms with Crippen molar-refractivity contribution in [1.29, 1.82) is 0 Å². The molecule has 0 unspecified atom stereocenters. The summed E-state index contributed by atoms with van der Waals surface area (Å²) in [5, 5.41) is 0.645. The van der Waals surface area contributed by atoms with Crippen LogP contribution in [0, 0.1) is 5.92 Å². The van der Waals surface area contributed by atoms with Crippen LogP contribution < -0.4 is 10.4 Å². The number of rotatable bonds is 4. The summed E-state index contributed by atoms with van der Waals surface area (Å²) in [4.78, 5) is 36.0. The second-order valence-corrected chi connectivity index (χ2v) is 7.89. The molecular weight excluding hydrogens is 364 g/mol. The van der Waals surface area contributed by atoms with Gasteiger partial charge in [-0.2, -0.15) is 0 Å². The van der Waals surface area contributed by atoms with Gasteiger partial charge in [0.25, 0.3) is 0 Å². The molecule has 0 fully saturated rings. The minimum absolute atomic E-state index is 0.110. The van der Waals surface area contributed by atoms with Crippen LogP contribution in [-0.4, -0.2) is 23.6 Å². The minimum Gasteiger partial charge on any atom is -0.483 e. The number of hydrogen-bond donors (Lipinski definition) is 0. The molecule has 2 heterocycles. The van der Waals surface area contributed by atoms with Gasteiger partial charge >= 0.3 is 17.6 Å². The summed E-state index contributed by atoms with van der Waals surface area (Å²) in [6.45, 7) is 8.60. The largest absolute Gasteiger partial charge is 0.483 e. The van der Waals surface area contributed by atoms with Crippen molar-refractivity contribution in [3.8, 4) is 5.75 Å². The molecule has 0 bridgehead atoms.